The summed E-state index contributed by atoms with van der Waals surface area (Å²) in [5.41, 5.74) is 10.2. The molecule has 0 atom stereocenters. The number of halogens is 1. The smallest absolute Gasteiger partial charge is 0.252 e. The summed E-state index contributed by atoms with van der Waals surface area (Å²) >= 11 is 6.17. The number of rotatable bonds is 4. The van der Waals surface area contributed by atoms with Crippen molar-refractivity contribution in [1.82, 2.24) is 20.3 Å². The van der Waals surface area contributed by atoms with Gasteiger partial charge in [0, 0.05) is 29.9 Å². The van der Waals surface area contributed by atoms with E-state index < -0.39 is 0 Å². The van der Waals surface area contributed by atoms with Gasteiger partial charge in [-0.25, -0.2) is 15.0 Å². The Hall–Kier alpha value is -2.99. The molecule has 0 aliphatic heterocycles. The van der Waals surface area contributed by atoms with E-state index in [0.29, 0.717) is 22.1 Å². The first kappa shape index (κ1) is 17.8. The van der Waals surface area contributed by atoms with Crippen LogP contribution in [0.25, 0.3) is 22.4 Å². The first-order valence-electron chi connectivity index (χ1n) is 8.13. The molecular weight excluding hydrogens is 350 g/mol. The SMILES string of the molecule is CCc1ncnc(-c2ccc(Cl)c(C(=O)NC)c2)c1-c1ccc(N)nc1. The first-order chi connectivity index (χ1) is 12.5. The fourth-order valence-electron chi connectivity index (χ4n) is 2.75. The molecule has 0 aliphatic carbocycles. The molecule has 0 aliphatic rings. The van der Waals surface area contributed by atoms with Crippen LogP contribution in [0.2, 0.25) is 5.02 Å². The van der Waals surface area contributed by atoms with E-state index >= 15 is 0 Å². The minimum atomic E-state index is -0.252. The van der Waals surface area contributed by atoms with Crippen molar-refractivity contribution in [3.63, 3.8) is 0 Å². The molecule has 0 fully saturated rings. The molecule has 6 nitrogen and oxygen atoms in total. The number of anilines is 1. The third-order valence-corrected chi connectivity index (χ3v) is 4.38. The molecule has 0 saturated heterocycles. The maximum Gasteiger partial charge on any atom is 0.252 e. The zero-order chi connectivity index (χ0) is 18.7. The van der Waals surface area contributed by atoms with Gasteiger partial charge in [-0.2, -0.15) is 0 Å². The van der Waals surface area contributed by atoms with Crippen LogP contribution in [0.15, 0.2) is 42.9 Å². The van der Waals surface area contributed by atoms with Crippen LogP contribution in [-0.2, 0) is 6.42 Å². The number of aromatic nitrogens is 3. The van der Waals surface area contributed by atoms with Gasteiger partial charge in [-0.3, -0.25) is 4.79 Å². The molecule has 0 spiro atoms. The van der Waals surface area contributed by atoms with Crippen molar-refractivity contribution in [2.45, 2.75) is 13.3 Å². The minimum Gasteiger partial charge on any atom is -0.384 e. The number of pyridine rings is 1. The average molecular weight is 368 g/mol. The van der Waals surface area contributed by atoms with Crippen molar-refractivity contribution >= 4 is 23.3 Å². The second-order valence-corrected chi connectivity index (χ2v) is 6.05. The molecule has 2 heterocycles. The van der Waals surface area contributed by atoms with Gasteiger partial charge in [-0.15, -0.1) is 0 Å². The lowest BCUT2D eigenvalue weighted by atomic mass is 9.96. The molecule has 0 unspecified atom stereocenters. The van der Waals surface area contributed by atoms with Crippen molar-refractivity contribution in [2.75, 3.05) is 12.8 Å². The van der Waals surface area contributed by atoms with Crippen molar-refractivity contribution in [1.29, 1.82) is 0 Å². The molecule has 3 N–H and O–H groups in total. The molecule has 0 saturated carbocycles. The summed E-state index contributed by atoms with van der Waals surface area (Å²) in [6, 6.07) is 8.89. The standard InChI is InChI=1S/C19H18ClN5O/c1-3-15-17(12-5-7-16(21)23-9-12)18(25-10-24-15)11-4-6-14(20)13(8-11)19(26)22-2/h4-10H,3H2,1-2H3,(H2,21,23)(H,22,26). The molecule has 0 bridgehead atoms. The van der Waals surface area contributed by atoms with E-state index in [0.717, 1.165) is 28.8 Å². The minimum absolute atomic E-state index is 0.252. The molecule has 3 aromatic rings. The van der Waals surface area contributed by atoms with Crippen LogP contribution < -0.4 is 11.1 Å². The second-order valence-electron chi connectivity index (χ2n) is 5.64. The summed E-state index contributed by atoms with van der Waals surface area (Å²) in [7, 11) is 1.57. The largest absolute Gasteiger partial charge is 0.384 e. The highest BCUT2D eigenvalue weighted by Crippen LogP contribution is 2.34. The second kappa shape index (κ2) is 7.49. The Morgan fingerprint density at radius 2 is 1.92 bits per heavy atom. The van der Waals surface area contributed by atoms with Crippen molar-refractivity contribution in [2.24, 2.45) is 0 Å². The van der Waals surface area contributed by atoms with Gasteiger partial charge in [-0.05, 0) is 30.7 Å². The number of nitrogens with zero attached hydrogens (tertiary/aromatic N) is 3. The zero-order valence-electron chi connectivity index (χ0n) is 14.5. The van der Waals surface area contributed by atoms with E-state index in [4.69, 9.17) is 17.3 Å². The molecule has 7 heteroatoms. The third-order valence-electron chi connectivity index (χ3n) is 4.05. The summed E-state index contributed by atoms with van der Waals surface area (Å²) in [5.74, 6) is 0.191. The number of carbonyl (C=O) groups excluding carboxylic acids is 1. The Labute approximate surface area is 156 Å². The summed E-state index contributed by atoms with van der Waals surface area (Å²) in [6.07, 6.45) is 3.95. The van der Waals surface area contributed by atoms with E-state index in [9.17, 15) is 4.79 Å². The lowest BCUT2D eigenvalue weighted by molar-refractivity contribution is 0.0963. The predicted octanol–water partition coefficient (Wildman–Crippen LogP) is 3.36. The summed E-state index contributed by atoms with van der Waals surface area (Å²) in [4.78, 5) is 25.1. The van der Waals surface area contributed by atoms with E-state index in [2.05, 4.69) is 20.3 Å². The highest BCUT2D eigenvalue weighted by molar-refractivity contribution is 6.34. The lowest BCUT2D eigenvalue weighted by Gasteiger charge is -2.14. The summed E-state index contributed by atoms with van der Waals surface area (Å²) in [6.45, 7) is 2.03. The molecule has 3 rings (SSSR count). The maximum atomic E-state index is 12.1. The van der Waals surface area contributed by atoms with Gasteiger partial charge in [0.05, 0.1) is 22.0 Å². The average Bonchev–Trinajstić information content (AvgIpc) is 2.68. The number of amides is 1. The number of aryl methyl sites for hydroxylation is 1. The van der Waals surface area contributed by atoms with Gasteiger partial charge in [0.2, 0.25) is 0 Å². The fraction of sp³-hybridized carbons (Fsp3) is 0.158. The van der Waals surface area contributed by atoms with Crippen LogP contribution in [0.3, 0.4) is 0 Å². The quantitative estimate of drug-likeness (QED) is 0.737. The number of nitrogens with two attached hydrogens (primary N) is 1. The summed E-state index contributed by atoms with van der Waals surface area (Å²) in [5, 5.41) is 2.98. The highest BCUT2D eigenvalue weighted by Gasteiger charge is 2.17. The topological polar surface area (TPSA) is 93.8 Å². The Bertz CT molecular complexity index is 957. The van der Waals surface area contributed by atoms with E-state index in [-0.39, 0.29) is 5.91 Å². The molecule has 0 radical (unpaired) electrons. The number of nitrogen functional groups attached to an aromatic ring is 1. The maximum absolute atomic E-state index is 12.1. The number of hydrogen-bond donors (Lipinski definition) is 2. The van der Waals surface area contributed by atoms with Crippen LogP contribution in [0.1, 0.15) is 23.0 Å². The van der Waals surface area contributed by atoms with Crippen LogP contribution in [0.4, 0.5) is 5.82 Å². The molecule has 132 valence electrons. The molecular formula is C19H18ClN5O. The Morgan fingerprint density at radius 1 is 1.15 bits per heavy atom. The number of hydrogen-bond acceptors (Lipinski definition) is 5. The lowest BCUT2D eigenvalue weighted by Crippen LogP contribution is -2.18. The molecule has 1 amide bonds. The van der Waals surface area contributed by atoms with E-state index in [1.807, 2.05) is 19.1 Å². The van der Waals surface area contributed by atoms with Crippen molar-refractivity contribution in [3.05, 3.63) is 59.1 Å². The van der Waals surface area contributed by atoms with Gasteiger partial charge >= 0.3 is 0 Å². The van der Waals surface area contributed by atoms with Gasteiger partial charge in [0.1, 0.15) is 12.1 Å². The van der Waals surface area contributed by atoms with Gasteiger partial charge in [0.15, 0.2) is 0 Å². The number of benzene rings is 1. The fourth-order valence-corrected chi connectivity index (χ4v) is 2.95. The zero-order valence-corrected chi connectivity index (χ0v) is 15.2. The van der Waals surface area contributed by atoms with Gasteiger partial charge < -0.3 is 11.1 Å². The van der Waals surface area contributed by atoms with E-state index in [1.165, 1.54) is 6.33 Å². The predicted molar refractivity (Wildman–Crippen MR) is 103 cm³/mol. The van der Waals surface area contributed by atoms with Gasteiger partial charge in [-0.1, -0.05) is 24.6 Å². The monoisotopic (exact) mass is 367 g/mol. The highest BCUT2D eigenvalue weighted by atomic mass is 35.5. The number of nitrogens with one attached hydrogen (secondary N) is 1. The normalized spacial score (nSPS) is 10.6. The van der Waals surface area contributed by atoms with Crippen molar-refractivity contribution in [3.8, 4) is 22.4 Å². The van der Waals surface area contributed by atoms with Crippen LogP contribution >= 0.6 is 11.6 Å². The Balaban J connectivity index is 2.23. The van der Waals surface area contributed by atoms with Gasteiger partial charge in [0.25, 0.3) is 5.91 Å². The third kappa shape index (κ3) is 3.36. The Kier molecular flexibility index (Phi) is 5.14. The number of carbonyl (C=O) groups is 1. The van der Waals surface area contributed by atoms with Crippen LogP contribution in [0.5, 0.6) is 0 Å². The summed E-state index contributed by atoms with van der Waals surface area (Å²) < 4.78 is 0. The van der Waals surface area contributed by atoms with Crippen molar-refractivity contribution < 1.29 is 4.79 Å². The molecule has 26 heavy (non-hydrogen) atoms. The molecule has 2 aromatic heterocycles. The van der Waals surface area contributed by atoms with Crippen LogP contribution in [0, 0.1) is 0 Å². The van der Waals surface area contributed by atoms with E-state index in [1.54, 1.807) is 31.4 Å². The molecule has 1 aromatic carbocycles. The van der Waals surface area contributed by atoms with Crippen LogP contribution in [-0.4, -0.2) is 27.9 Å². The Morgan fingerprint density at radius 3 is 2.58 bits per heavy atom. The first-order valence-corrected chi connectivity index (χ1v) is 8.50.